The number of rotatable bonds is 3. The molecule has 0 radical (unpaired) electrons. The Balaban J connectivity index is 1.92. The monoisotopic (exact) mass is 244 g/mol. The average Bonchev–Trinajstić information content (AvgIpc) is 2.90. The predicted molar refractivity (Wildman–Crippen MR) is 68.3 cm³/mol. The molecule has 0 aliphatic rings. The van der Waals surface area contributed by atoms with Gasteiger partial charge < -0.3 is 4.74 Å². The smallest absolute Gasteiger partial charge is 0.419 e. The van der Waals surface area contributed by atoms with E-state index in [1.54, 1.807) is 12.4 Å². The van der Waals surface area contributed by atoms with Gasteiger partial charge in [-0.1, -0.05) is 38.1 Å². The highest BCUT2D eigenvalue weighted by atomic mass is 16.5. The minimum Gasteiger partial charge on any atom is -0.444 e. The molecule has 2 aromatic rings. The number of carbonyl (C=O) groups is 1. The van der Waals surface area contributed by atoms with Gasteiger partial charge in [-0.15, -0.1) is 0 Å². The summed E-state index contributed by atoms with van der Waals surface area (Å²) >= 11 is 0. The molecule has 0 aliphatic carbocycles. The Morgan fingerprint density at radius 1 is 1.33 bits per heavy atom. The molecule has 0 aliphatic heterocycles. The summed E-state index contributed by atoms with van der Waals surface area (Å²) in [6, 6.07) is 8.09. The van der Waals surface area contributed by atoms with Gasteiger partial charge in [0, 0.05) is 12.4 Å². The maximum absolute atomic E-state index is 11.6. The van der Waals surface area contributed by atoms with E-state index in [1.807, 2.05) is 12.1 Å². The van der Waals surface area contributed by atoms with Gasteiger partial charge in [-0.25, -0.2) is 14.3 Å². The lowest BCUT2D eigenvalue weighted by Crippen LogP contribution is -2.11. The van der Waals surface area contributed by atoms with Crippen LogP contribution in [0.2, 0.25) is 0 Å². The largest absolute Gasteiger partial charge is 0.444 e. The van der Waals surface area contributed by atoms with E-state index in [2.05, 4.69) is 31.0 Å². The standard InChI is InChI=1S/C14H16N2O2/c1-11(2)13-5-3-12(4-6-13)9-18-14(17)16-8-7-15-10-16/h3-8,10-11H,9H2,1-2H3. The molecule has 0 spiro atoms. The fraction of sp³-hybridized carbons (Fsp3) is 0.286. The first kappa shape index (κ1) is 12.4. The third kappa shape index (κ3) is 2.97. The van der Waals surface area contributed by atoms with Crippen molar-refractivity contribution in [1.82, 2.24) is 9.55 Å². The van der Waals surface area contributed by atoms with Crippen LogP contribution in [0.25, 0.3) is 0 Å². The van der Waals surface area contributed by atoms with Crippen molar-refractivity contribution in [2.24, 2.45) is 0 Å². The normalized spacial score (nSPS) is 10.6. The quantitative estimate of drug-likeness (QED) is 0.832. The Kier molecular flexibility index (Phi) is 3.77. The van der Waals surface area contributed by atoms with Crippen molar-refractivity contribution in [3.8, 4) is 0 Å². The van der Waals surface area contributed by atoms with Crippen LogP contribution in [0.5, 0.6) is 0 Å². The van der Waals surface area contributed by atoms with Gasteiger partial charge in [0.15, 0.2) is 0 Å². The first-order chi connectivity index (χ1) is 8.66. The second-order valence-corrected chi connectivity index (χ2v) is 4.42. The van der Waals surface area contributed by atoms with Gasteiger partial charge in [-0.3, -0.25) is 0 Å². The molecule has 1 aromatic heterocycles. The van der Waals surface area contributed by atoms with Gasteiger partial charge in [0.25, 0.3) is 0 Å². The highest BCUT2D eigenvalue weighted by Crippen LogP contribution is 2.15. The van der Waals surface area contributed by atoms with Crippen molar-refractivity contribution in [3.63, 3.8) is 0 Å². The lowest BCUT2D eigenvalue weighted by Gasteiger charge is -2.07. The van der Waals surface area contributed by atoms with Crippen LogP contribution in [-0.4, -0.2) is 15.6 Å². The fourth-order valence-corrected chi connectivity index (χ4v) is 1.59. The van der Waals surface area contributed by atoms with Crippen molar-refractivity contribution in [3.05, 3.63) is 54.1 Å². The minimum atomic E-state index is -0.416. The van der Waals surface area contributed by atoms with Gasteiger partial charge in [0.1, 0.15) is 12.9 Å². The maximum atomic E-state index is 11.6. The van der Waals surface area contributed by atoms with Gasteiger partial charge >= 0.3 is 6.09 Å². The molecule has 1 heterocycles. The first-order valence-electron chi connectivity index (χ1n) is 5.90. The predicted octanol–water partition coefficient (Wildman–Crippen LogP) is 3.19. The van der Waals surface area contributed by atoms with Crippen LogP contribution >= 0.6 is 0 Å². The van der Waals surface area contributed by atoms with E-state index in [0.29, 0.717) is 5.92 Å². The molecule has 4 heteroatoms. The van der Waals surface area contributed by atoms with Crippen molar-refractivity contribution in [2.75, 3.05) is 0 Å². The van der Waals surface area contributed by atoms with Crippen LogP contribution in [0.15, 0.2) is 43.0 Å². The van der Waals surface area contributed by atoms with E-state index in [9.17, 15) is 4.79 Å². The highest BCUT2D eigenvalue weighted by Gasteiger charge is 2.05. The van der Waals surface area contributed by atoms with Crippen molar-refractivity contribution in [1.29, 1.82) is 0 Å². The molecule has 0 saturated carbocycles. The summed E-state index contributed by atoms with van der Waals surface area (Å²) in [5.41, 5.74) is 2.26. The molecule has 0 bridgehead atoms. The highest BCUT2D eigenvalue weighted by molar-refractivity contribution is 5.69. The number of carbonyl (C=O) groups excluding carboxylic acids is 1. The lowest BCUT2D eigenvalue weighted by atomic mass is 10.0. The summed E-state index contributed by atoms with van der Waals surface area (Å²) in [7, 11) is 0. The van der Waals surface area contributed by atoms with E-state index in [-0.39, 0.29) is 6.61 Å². The van der Waals surface area contributed by atoms with Crippen molar-refractivity contribution in [2.45, 2.75) is 26.4 Å². The molecule has 1 aromatic carbocycles. The summed E-state index contributed by atoms with van der Waals surface area (Å²) in [6.45, 7) is 4.57. The van der Waals surface area contributed by atoms with Gasteiger partial charge in [-0.05, 0) is 17.0 Å². The number of nitrogens with zero attached hydrogens (tertiary/aromatic N) is 2. The third-order valence-corrected chi connectivity index (χ3v) is 2.72. The van der Waals surface area contributed by atoms with Gasteiger partial charge in [0.05, 0.1) is 0 Å². The van der Waals surface area contributed by atoms with Crippen LogP contribution in [0.3, 0.4) is 0 Å². The second-order valence-electron chi connectivity index (χ2n) is 4.42. The first-order valence-corrected chi connectivity index (χ1v) is 5.90. The van der Waals surface area contributed by atoms with Crippen LogP contribution in [-0.2, 0) is 11.3 Å². The Bertz CT molecular complexity index is 501. The number of aromatic nitrogens is 2. The van der Waals surface area contributed by atoms with Crippen molar-refractivity contribution >= 4 is 6.09 Å². The second kappa shape index (κ2) is 5.49. The molecule has 0 saturated heterocycles. The Morgan fingerprint density at radius 2 is 2.06 bits per heavy atom. The van der Waals surface area contributed by atoms with Gasteiger partial charge in [-0.2, -0.15) is 0 Å². The molecular formula is C14H16N2O2. The zero-order valence-electron chi connectivity index (χ0n) is 10.5. The molecule has 0 N–H and O–H groups in total. The number of imidazole rings is 1. The molecule has 0 amide bonds. The number of hydrogen-bond donors (Lipinski definition) is 0. The SMILES string of the molecule is CC(C)c1ccc(COC(=O)n2ccnc2)cc1. The average molecular weight is 244 g/mol. The summed E-state index contributed by atoms with van der Waals surface area (Å²) in [4.78, 5) is 15.3. The van der Waals surface area contributed by atoms with Crippen LogP contribution in [0, 0.1) is 0 Å². The molecule has 0 atom stereocenters. The summed E-state index contributed by atoms with van der Waals surface area (Å²) in [6.07, 6.45) is 4.10. The van der Waals surface area contributed by atoms with Gasteiger partial charge in [0.2, 0.25) is 0 Å². The maximum Gasteiger partial charge on any atom is 0.419 e. The van der Waals surface area contributed by atoms with Crippen LogP contribution in [0.1, 0.15) is 30.9 Å². The summed E-state index contributed by atoms with van der Waals surface area (Å²) in [5, 5.41) is 0. The van der Waals surface area contributed by atoms with Crippen molar-refractivity contribution < 1.29 is 9.53 Å². The van der Waals surface area contributed by atoms with E-state index >= 15 is 0 Å². The Hall–Kier alpha value is -2.10. The van der Waals surface area contributed by atoms with E-state index in [4.69, 9.17) is 4.74 Å². The van der Waals surface area contributed by atoms with Crippen LogP contribution in [0.4, 0.5) is 4.79 Å². The zero-order chi connectivity index (χ0) is 13.0. The Morgan fingerprint density at radius 3 is 2.61 bits per heavy atom. The topological polar surface area (TPSA) is 44.1 Å². The zero-order valence-corrected chi connectivity index (χ0v) is 10.5. The third-order valence-electron chi connectivity index (χ3n) is 2.72. The minimum absolute atomic E-state index is 0.273. The molecule has 4 nitrogen and oxygen atoms in total. The molecule has 0 fully saturated rings. The summed E-state index contributed by atoms with van der Waals surface area (Å²) < 4.78 is 6.46. The fourth-order valence-electron chi connectivity index (χ4n) is 1.59. The molecule has 2 rings (SSSR count). The van der Waals surface area contributed by atoms with Crippen LogP contribution < -0.4 is 0 Å². The van der Waals surface area contributed by atoms with E-state index in [0.717, 1.165) is 5.56 Å². The number of ether oxygens (including phenoxy) is 1. The molecule has 94 valence electrons. The Labute approximate surface area is 106 Å². The summed E-state index contributed by atoms with van der Waals surface area (Å²) in [5.74, 6) is 0.507. The lowest BCUT2D eigenvalue weighted by molar-refractivity contribution is 0.141. The molecule has 18 heavy (non-hydrogen) atoms. The molecule has 0 unspecified atom stereocenters. The molecular weight excluding hydrogens is 228 g/mol. The number of benzene rings is 1. The van der Waals surface area contributed by atoms with E-state index < -0.39 is 6.09 Å². The van der Waals surface area contributed by atoms with E-state index in [1.165, 1.54) is 16.5 Å². The number of hydrogen-bond acceptors (Lipinski definition) is 3.